The van der Waals surface area contributed by atoms with Crippen molar-refractivity contribution in [3.05, 3.63) is 35.5 Å². The maximum absolute atomic E-state index is 12.6. The number of H-pyrrole nitrogens is 1. The number of esters is 1. The zero-order valence-electron chi connectivity index (χ0n) is 13.6. The molecule has 1 aromatic heterocycles. The second kappa shape index (κ2) is 7.77. The second-order valence-corrected chi connectivity index (χ2v) is 6.98. The van der Waals surface area contributed by atoms with Crippen molar-refractivity contribution in [1.82, 2.24) is 4.98 Å². The first kappa shape index (κ1) is 17.7. The first-order chi connectivity index (χ1) is 11.0. The highest BCUT2D eigenvalue weighted by molar-refractivity contribution is 7.53. The van der Waals surface area contributed by atoms with Crippen molar-refractivity contribution in [2.24, 2.45) is 0 Å². The van der Waals surface area contributed by atoms with E-state index < -0.39 is 7.60 Å². The molecule has 0 atom stereocenters. The number of nitrogens with one attached hydrogen (secondary N) is 1. The van der Waals surface area contributed by atoms with Gasteiger partial charge in [0.05, 0.1) is 26.0 Å². The van der Waals surface area contributed by atoms with Crippen LogP contribution < -0.4 is 0 Å². The van der Waals surface area contributed by atoms with E-state index in [4.69, 9.17) is 13.8 Å². The highest BCUT2D eigenvalue weighted by atomic mass is 31.2. The van der Waals surface area contributed by atoms with Crippen molar-refractivity contribution in [3.63, 3.8) is 0 Å². The van der Waals surface area contributed by atoms with Crippen LogP contribution >= 0.6 is 7.60 Å². The molecule has 0 amide bonds. The van der Waals surface area contributed by atoms with Crippen molar-refractivity contribution < 1.29 is 23.1 Å². The van der Waals surface area contributed by atoms with E-state index in [2.05, 4.69) is 4.98 Å². The van der Waals surface area contributed by atoms with E-state index in [1.54, 1.807) is 26.8 Å². The zero-order chi connectivity index (χ0) is 16.9. The van der Waals surface area contributed by atoms with Gasteiger partial charge in [0.2, 0.25) is 0 Å². The third-order valence-corrected chi connectivity index (χ3v) is 5.26. The normalized spacial score (nSPS) is 11.8. The Kier molecular flexibility index (Phi) is 5.99. The maximum Gasteiger partial charge on any atom is 0.354 e. The first-order valence-electron chi connectivity index (χ1n) is 7.68. The number of rotatable bonds is 8. The fourth-order valence-electron chi connectivity index (χ4n) is 2.34. The monoisotopic (exact) mass is 339 g/mol. The molecule has 0 spiro atoms. The molecule has 0 unspecified atom stereocenters. The van der Waals surface area contributed by atoms with Crippen LogP contribution in [0.25, 0.3) is 10.9 Å². The minimum atomic E-state index is -3.14. The number of ether oxygens (including phenoxy) is 1. The van der Waals surface area contributed by atoms with Gasteiger partial charge >= 0.3 is 13.6 Å². The Morgan fingerprint density at radius 3 is 2.39 bits per heavy atom. The Morgan fingerprint density at radius 2 is 1.78 bits per heavy atom. The van der Waals surface area contributed by atoms with Gasteiger partial charge in [-0.05, 0) is 44.5 Å². The van der Waals surface area contributed by atoms with Crippen molar-refractivity contribution in [2.45, 2.75) is 26.9 Å². The molecule has 2 rings (SSSR count). The van der Waals surface area contributed by atoms with Crippen LogP contribution in [-0.4, -0.2) is 30.8 Å². The number of benzene rings is 1. The van der Waals surface area contributed by atoms with Crippen molar-refractivity contribution >= 4 is 24.5 Å². The Hall–Kier alpha value is -1.62. The maximum atomic E-state index is 12.6. The van der Waals surface area contributed by atoms with Gasteiger partial charge in [0, 0.05) is 10.9 Å². The largest absolute Gasteiger partial charge is 0.461 e. The van der Waals surface area contributed by atoms with Crippen molar-refractivity contribution in [3.8, 4) is 0 Å². The molecule has 0 radical (unpaired) electrons. The fourth-order valence-corrected chi connectivity index (χ4v) is 4.03. The van der Waals surface area contributed by atoms with Gasteiger partial charge < -0.3 is 18.8 Å². The molecular weight excluding hydrogens is 317 g/mol. The minimum absolute atomic E-state index is 0.199. The lowest BCUT2D eigenvalue weighted by molar-refractivity contribution is 0.0520. The summed E-state index contributed by atoms with van der Waals surface area (Å²) in [7, 11) is -3.14. The SMILES string of the molecule is CCOC(=O)c1cc2cc(CP(=O)(OCC)OCC)ccc2[nH]1. The summed E-state index contributed by atoms with van der Waals surface area (Å²) in [4.78, 5) is 14.8. The van der Waals surface area contributed by atoms with Gasteiger partial charge in [0.25, 0.3) is 0 Å². The van der Waals surface area contributed by atoms with Crippen LogP contribution in [0.4, 0.5) is 0 Å². The van der Waals surface area contributed by atoms with Crippen LogP contribution in [0.5, 0.6) is 0 Å². The van der Waals surface area contributed by atoms with E-state index in [9.17, 15) is 9.36 Å². The van der Waals surface area contributed by atoms with Gasteiger partial charge in [-0.2, -0.15) is 0 Å². The van der Waals surface area contributed by atoms with Crippen LogP contribution in [-0.2, 0) is 24.5 Å². The minimum Gasteiger partial charge on any atom is -0.461 e. The number of aromatic nitrogens is 1. The smallest absolute Gasteiger partial charge is 0.354 e. The predicted molar refractivity (Wildman–Crippen MR) is 88.8 cm³/mol. The molecule has 6 nitrogen and oxygen atoms in total. The lowest BCUT2D eigenvalue weighted by Gasteiger charge is -2.16. The molecule has 1 aromatic carbocycles. The molecule has 0 saturated carbocycles. The average molecular weight is 339 g/mol. The van der Waals surface area contributed by atoms with Crippen LogP contribution in [0, 0.1) is 0 Å². The van der Waals surface area contributed by atoms with Gasteiger partial charge in [-0.1, -0.05) is 6.07 Å². The standard InChI is InChI=1S/C16H22NO5P/c1-4-20-16(18)15-10-13-9-12(7-8-14(13)17-15)11-23(19,21-5-2)22-6-3/h7-10,17H,4-6,11H2,1-3H3. The van der Waals surface area contributed by atoms with Crippen LogP contribution in [0.15, 0.2) is 24.3 Å². The average Bonchev–Trinajstić information content (AvgIpc) is 2.91. The van der Waals surface area contributed by atoms with E-state index >= 15 is 0 Å². The molecular formula is C16H22NO5P. The third kappa shape index (κ3) is 4.44. The summed E-state index contributed by atoms with van der Waals surface area (Å²) in [5, 5.41) is 0.852. The predicted octanol–water partition coefficient (Wildman–Crippen LogP) is 4.11. The van der Waals surface area contributed by atoms with Gasteiger partial charge in [-0.15, -0.1) is 0 Å². The van der Waals surface area contributed by atoms with Crippen LogP contribution in [0.1, 0.15) is 36.8 Å². The summed E-state index contributed by atoms with van der Waals surface area (Å²) >= 11 is 0. The van der Waals surface area contributed by atoms with Gasteiger partial charge in [0.1, 0.15) is 5.69 Å². The quantitative estimate of drug-likeness (QED) is 0.578. The van der Waals surface area contributed by atoms with E-state index in [1.807, 2.05) is 18.2 Å². The Morgan fingerprint density at radius 1 is 1.09 bits per heavy atom. The van der Waals surface area contributed by atoms with E-state index in [-0.39, 0.29) is 12.1 Å². The lowest BCUT2D eigenvalue weighted by atomic mass is 10.2. The molecule has 0 aliphatic rings. The number of aromatic amines is 1. The molecule has 2 aromatic rings. The van der Waals surface area contributed by atoms with E-state index in [0.717, 1.165) is 16.5 Å². The molecule has 7 heteroatoms. The number of hydrogen-bond acceptors (Lipinski definition) is 5. The summed E-state index contributed by atoms with van der Waals surface area (Å²) in [6.07, 6.45) is 0.199. The van der Waals surface area contributed by atoms with Crippen LogP contribution in [0.2, 0.25) is 0 Å². The molecule has 126 valence electrons. The summed E-state index contributed by atoms with van der Waals surface area (Å²) in [6.45, 7) is 6.32. The van der Waals surface area contributed by atoms with Gasteiger partial charge in [-0.25, -0.2) is 4.79 Å². The lowest BCUT2D eigenvalue weighted by Crippen LogP contribution is -2.04. The molecule has 0 fully saturated rings. The number of carbonyl (C=O) groups is 1. The van der Waals surface area contributed by atoms with E-state index in [1.165, 1.54) is 0 Å². The topological polar surface area (TPSA) is 77.6 Å². The Bertz CT molecular complexity index is 714. The number of carbonyl (C=O) groups excluding carboxylic acids is 1. The van der Waals surface area contributed by atoms with Crippen molar-refractivity contribution in [2.75, 3.05) is 19.8 Å². The van der Waals surface area contributed by atoms with Crippen LogP contribution in [0.3, 0.4) is 0 Å². The summed E-state index contributed by atoms with van der Waals surface area (Å²) in [5.74, 6) is -0.389. The zero-order valence-corrected chi connectivity index (χ0v) is 14.5. The number of fused-ring (bicyclic) bond motifs is 1. The molecule has 0 aliphatic heterocycles. The highest BCUT2D eigenvalue weighted by Gasteiger charge is 2.24. The van der Waals surface area contributed by atoms with Gasteiger partial charge in [0.15, 0.2) is 0 Å². The Balaban J connectivity index is 2.25. The summed E-state index contributed by atoms with van der Waals surface area (Å²) in [6, 6.07) is 7.29. The van der Waals surface area contributed by atoms with Crippen molar-refractivity contribution in [1.29, 1.82) is 0 Å². The fraction of sp³-hybridized carbons (Fsp3) is 0.438. The summed E-state index contributed by atoms with van der Waals surface area (Å²) in [5.41, 5.74) is 2.05. The molecule has 1 N–H and O–H groups in total. The number of hydrogen-bond donors (Lipinski definition) is 1. The Labute approximate surface area is 135 Å². The van der Waals surface area contributed by atoms with Gasteiger partial charge in [-0.3, -0.25) is 4.57 Å². The molecule has 0 bridgehead atoms. The van der Waals surface area contributed by atoms with E-state index in [0.29, 0.717) is 25.5 Å². The first-order valence-corrected chi connectivity index (χ1v) is 9.41. The highest BCUT2D eigenvalue weighted by Crippen LogP contribution is 2.51. The third-order valence-electron chi connectivity index (χ3n) is 3.21. The molecule has 0 saturated heterocycles. The second-order valence-electron chi connectivity index (χ2n) is 4.93. The molecule has 0 aliphatic carbocycles. The molecule has 1 heterocycles. The molecule has 23 heavy (non-hydrogen) atoms. The summed E-state index contributed by atoms with van der Waals surface area (Å²) < 4.78 is 28.2.